The molecular weight excluding hydrogens is 816 g/mol. The molecule has 1 N–H and O–H groups in total. The van der Waals surface area contributed by atoms with Gasteiger partial charge in [-0.2, -0.15) is 0 Å². The highest BCUT2D eigenvalue weighted by molar-refractivity contribution is 5.73. The predicted molar refractivity (Wildman–Crippen MR) is 219 cm³/mol. The molecular formula is C43H72N2O17. The van der Waals surface area contributed by atoms with Crippen LogP contribution in [0.5, 0.6) is 0 Å². The van der Waals surface area contributed by atoms with Crippen molar-refractivity contribution in [2.75, 3.05) is 41.3 Å². The topological polar surface area (TPSA) is 221 Å². The average molecular weight is 889 g/mol. The number of carbonyl (C=O) groups is 6. The number of carbonyl (C=O) groups excluding carboxylic acids is 6. The summed E-state index contributed by atoms with van der Waals surface area (Å²) in [5, 5.41) is 12.2. The zero-order valence-corrected chi connectivity index (χ0v) is 38.8. The molecule has 5 unspecified atom stereocenters. The molecule has 3 saturated heterocycles. The molecule has 16 atom stereocenters. The van der Waals surface area contributed by atoms with Gasteiger partial charge in [-0.25, -0.2) is 0 Å². The highest BCUT2D eigenvalue weighted by Crippen LogP contribution is 2.39. The van der Waals surface area contributed by atoms with Crippen LogP contribution in [0, 0.1) is 11.8 Å². The molecule has 3 aliphatic rings. The Balaban J connectivity index is 2.07. The molecule has 356 valence electrons. The van der Waals surface area contributed by atoms with Crippen molar-refractivity contribution in [1.82, 2.24) is 9.80 Å². The smallest absolute Gasteiger partial charge is 0.309 e. The predicted octanol–water partition coefficient (Wildman–Crippen LogP) is 2.34. The molecule has 19 heteroatoms. The molecule has 3 rings (SSSR count). The van der Waals surface area contributed by atoms with E-state index in [4.69, 9.17) is 47.4 Å². The Kier molecular flexibility index (Phi) is 20.6. The van der Waals surface area contributed by atoms with Gasteiger partial charge in [-0.1, -0.05) is 20.8 Å². The van der Waals surface area contributed by atoms with Crippen molar-refractivity contribution in [2.45, 2.75) is 186 Å². The SMILES string of the molecule is CCC(=O)O[C@@H]1CC(=O)O[C@H](C)CN(C)C[C@H](OC(C)=O)[C@H](C)C[C@H](CC=O)[C@H](O[C@@H]2OC(C)[C@@H](O[C@H]3CC(C)(OC(C)=O)[C@@H](OC(=O)CC)C(C)O3)C(N(C)C)C2O)[C@H]1OC. The lowest BCUT2D eigenvalue weighted by molar-refractivity contribution is -0.344. The minimum atomic E-state index is -1.44. The van der Waals surface area contributed by atoms with Crippen molar-refractivity contribution < 1.29 is 81.2 Å². The average Bonchev–Trinajstić information content (AvgIpc) is 3.16. The first kappa shape index (κ1) is 53.0. The van der Waals surface area contributed by atoms with E-state index in [0.717, 1.165) is 6.29 Å². The number of likely N-dealkylation sites (N-methyl/N-ethyl adjacent to an activating group) is 2. The molecule has 0 aromatic heterocycles. The summed E-state index contributed by atoms with van der Waals surface area (Å²) in [5.41, 5.74) is -1.33. The molecule has 62 heavy (non-hydrogen) atoms. The summed E-state index contributed by atoms with van der Waals surface area (Å²) >= 11 is 0. The number of cyclic esters (lactones) is 1. The molecule has 0 aromatic rings. The van der Waals surface area contributed by atoms with Crippen LogP contribution in [0.4, 0.5) is 0 Å². The van der Waals surface area contributed by atoms with Crippen LogP contribution in [0.2, 0.25) is 0 Å². The third-order valence-electron chi connectivity index (χ3n) is 11.6. The summed E-state index contributed by atoms with van der Waals surface area (Å²) in [5.74, 6) is -3.97. The largest absolute Gasteiger partial charge is 0.461 e. The third-order valence-corrected chi connectivity index (χ3v) is 11.6. The van der Waals surface area contributed by atoms with E-state index in [2.05, 4.69) is 0 Å². The molecule has 0 radical (unpaired) electrons. The second-order valence-electron chi connectivity index (χ2n) is 17.3. The van der Waals surface area contributed by atoms with Gasteiger partial charge in [0.1, 0.15) is 42.9 Å². The number of aliphatic hydroxyl groups excluding tert-OH is 1. The monoisotopic (exact) mass is 888 g/mol. The minimum absolute atomic E-state index is 0.0184. The Hall–Kier alpha value is -3.30. The fourth-order valence-corrected chi connectivity index (χ4v) is 8.88. The molecule has 3 aliphatic heterocycles. The summed E-state index contributed by atoms with van der Waals surface area (Å²) in [6, 6.07) is -0.824. The first-order chi connectivity index (χ1) is 29.1. The fraction of sp³-hybridized carbons (Fsp3) is 0.860. The lowest BCUT2D eigenvalue weighted by atomic mass is 9.82. The first-order valence-corrected chi connectivity index (χ1v) is 21.6. The zero-order chi connectivity index (χ0) is 46.6. The maximum Gasteiger partial charge on any atom is 0.309 e. The Morgan fingerprint density at radius 1 is 0.887 bits per heavy atom. The molecule has 0 amide bonds. The van der Waals surface area contributed by atoms with E-state index in [-0.39, 0.29) is 44.6 Å². The zero-order valence-electron chi connectivity index (χ0n) is 38.8. The minimum Gasteiger partial charge on any atom is -0.461 e. The number of esters is 5. The number of hydrogen-bond acceptors (Lipinski definition) is 19. The standard InChI is InChI=1S/C43H72N2O17/c1-14-32(49)58-30-19-34(51)54-24(4)21-45(12)22-31(57-27(7)47)23(3)18-29(16-17-46)39(40(30)53-13)61-42-37(52)36(44(10)11)38(25(5)56-42)60-35-20-43(9,62-28(8)48)41(26(6)55-35)59-33(50)15-2/h17,23-26,29-31,35-42,52H,14-16,18-22H2,1-13H3/t23-,24-,25?,26?,29+,30-,31+,35+,36?,37?,38-,39+,40+,41+,42+,43?/m1/s1. The normalized spacial score (nSPS) is 37.9. The van der Waals surface area contributed by atoms with Crippen LogP contribution >= 0.6 is 0 Å². The molecule has 0 aliphatic carbocycles. The quantitative estimate of drug-likeness (QED) is 0.150. The fourth-order valence-electron chi connectivity index (χ4n) is 8.88. The Labute approximate surface area is 365 Å². The van der Waals surface area contributed by atoms with E-state index < -0.39 is 127 Å². The molecule has 3 heterocycles. The Bertz CT molecular complexity index is 1500. The Morgan fingerprint density at radius 3 is 2.10 bits per heavy atom. The van der Waals surface area contributed by atoms with Gasteiger partial charge in [0.15, 0.2) is 24.3 Å². The third kappa shape index (κ3) is 14.6. The van der Waals surface area contributed by atoms with E-state index in [1.165, 1.54) is 21.0 Å². The van der Waals surface area contributed by atoms with E-state index in [9.17, 15) is 33.9 Å². The molecule has 19 nitrogen and oxygen atoms in total. The summed E-state index contributed by atoms with van der Waals surface area (Å²) in [7, 11) is 6.64. The van der Waals surface area contributed by atoms with E-state index in [0.29, 0.717) is 6.54 Å². The van der Waals surface area contributed by atoms with E-state index in [1.54, 1.807) is 60.5 Å². The Morgan fingerprint density at radius 2 is 1.53 bits per heavy atom. The number of nitrogens with zero attached hydrogens (tertiary/aromatic N) is 2. The lowest BCUT2D eigenvalue weighted by Crippen LogP contribution is -2.66. The highest BCUT2D eigenvalue weighted by Gasteiger charge is 2.54. The maximum atomic E-state index is 13.5. The first-order valence-electron chi connectivity index (χ1n) is 21.6. The van der Waals surface area contributed by atoms with Crippen LogP contribution in [0.25, 0.3) is 0 Å². The summed E-state index contributed by atoms with van der Waals surface area (Å²) in [4.78, 5) is 79.5. The van der Waals surface area contributed by atoms with E-state index >= 15 is 0 Å². The molecule has 0 saturated carbocycles. The van der Waals surface area contributed by atoms with Crippen molar-refractivity contribution in [3.05, 3.63) is 0 Å². The summed E-state index contributed by atoms with van der Waals surface area (Å²) in [6.45, 7) is 15.1. The van der Waals surface area contributed by atoms with Gasteiger partial charge in [0.2, 0.25) is 0 Å². The molecule has 0 aromatic carbocycles. The number of aldehydes is 1. The van der Waals surface area contributed by atoms with Crippen LogP contribution in [0.3, 0.4) is 0 Å². The van der Waals surface area contributed by atoms with Crippen LogP contribution in [0.1, 0.15) is 101 Å². The number of ether oxygens (including phenoxy) is 10. The van der Waals surface area contributed by atoms with Crippen molar-refractivity contribution in [2.24, 2.45) is 11.8 Å². The number of methoxy groups -OCH3 is 1. The van der Waals surface area contributed by atoms with Gasteiger partial charge in [0, 0.05) is 59.7 Å². The maximum absolute atomic E-state index is 13.5. The van der Waals surface area contributed by atoms with Crippen molar-refractivity contribution >= 4 is 36.1 Å². The molecule has 0 spiro atoms. The second kappa shape index (κ2) is 24.1. The van der Waals surface area contributed by atoms with Crippen LogP contribution in [0.15, 0.2) is 0 Å². The van der Waals surface area contributed by atoms with Crippen LogP contribution < -0.4 is 0 Å². The lowest BCUT2D eigenvalue weighted by Gasteiger charge is -2.50. The van der Waals surface area contributed by atoms with Crippen molar-refractivity contribution in [1.29, 1.82) is 0 Å². The number of aliphatic hydroxyl groups is 1. The second-order valence-corrected chi connectivity index (χ2v) is 17.3. The number of rotatable bonds is 14. The summed E-state index contributed by atoms with van der Waals surface area (Å²) < 4.78 is 60.8. The van der Waals surface area contributed by atoms with Gasteiger partial charge in [-0.05, 0) is 67.1 Å². The van der Waals surface area contributed by atoms with Crippen molar-refractivity contribution in [3.8, 4) is 0 Å². The van der Waals surface area contributed by atoms with E-state index in [1.807, 2.05) is 18.9 Å². The van der Waals surface area contributed by atoms with Crippen LogP contribution in [-0.2, 0) is 76.1 Å². The van der Waals surface area contributed by atoms with Gasteiger partial charge < -0.3 is 62.2 Å². The summed E-state index contributed by atoms with van der Waals surface area (Å²) in [6.07, 6.45) is -11.6. The van der Waals surface area contributed by atoms with Crippen LogP contribution in [-0.4, -0.2) is 178 Å². The van der Waals surface area contributed by atoms with Gasteiger partial charge in [0.25, 0.3) is 0 Å². The van der Waals surface area contributed by atoms with Gasteiger partial charge in [-0.15, -0.1) is 0 Å². The molecule has 0 bridgehead atoms. The highest BCUT2D eigenvalue weighted by atomic mass is 16.7. The van der Waals surface area contributed by atoms with Gasteiger partial charge in [-0.3, -0.25) is 28.9 Å². The van der Waals surface area contributed by atoms with Crippen molar-refractivity contribution in [3.63, 3.8) is 0 Å². The molecule has 3 fully saturated rings. The number of hydrogen-bond donors (Lipinski definition) is 1. The van der Waals surface area contributed by atoms with Gasteiger partial charge >= 0.3 is 29.8 Å². The van der Waals surface area contributed by atoms with Gasteiger partial charge in [0.05, 0.1) is 30.8 Å².